The Morgan fingerprint density at radius 2 is 2.07 bits per heavy atom. The molecule has 0 aliphatic heterocycles. The molecule has 14 heavy (non-hydrogen) atoms. The van der Waals surface area contributed by atoms with Crippen LogP contribution in [0.1, 0.15) is 19.4 Å². The SMILES string of the molecule is Cc1ccc(NC(C)(C)CO)c(N)c1. The largest absolute Gasteiger partial charge is 0.397 e. The summed E-state index contributed by atoms with van der Waals surface area (Å²) in [5.41, 5.74) is 8.21. The van der Waals surface area contributed by atoms with E-state index in [4.69, 9.17) is 10.8 Å². The molecule has 0 atom stereocenters. The molecule has 0 spiro atoms. The molecule has 3 heteroatoms. The number of aryl methyl sites for hydroxylation is 1. The monoisotopic (exact) mass is 194 g/mol. The van der Waals surface area contributed by atoms with Gasteiger partial charge in [-0.3, -0.25) is 0 Å². The van der Waals surface area contributed by atoms with Gasteiger partial charge in [-0.15, -0.1) is 0 Å². The highest BCUT2D eigenvalue weighted by Gasteiger charge is 2.16. The summed E-state index contributed by atoms with van der Waals surface area (Å²) in [6.07, 6.45) is 0. The fourth-order valence-electron chi connectivity index (χ4n) is 1.20. The predicted molar refractivity (Wildman–Crippen MR) is 60.4 cm³/mol. The van der Waals surface area contributed by atoms with Crippen molar-refractivity contribution in [1.29, 1.82) is 0 Å². The van der Waals surface area contributed by atoms with Crippen molar-refractivity contribution in [3.8, 4) is 0 Å². The lowest BCUT2D eigenvalue weighted by molar-refractivity contribution is 0.234. The van der Waals surface area contributed by atoms with Crippen molar-refractivity contribution in [2.75, 3.05) is 17.7 Å². The Balaban J connectivity index is 2.87. The lowest BCUT2D eigenvalue weighted by Crippen LogP contribution is -2.35. The molecule has 0 aliphatic rings. The Kier molecular flexibility index (Phi) is 3.01. The molecule has 0 heterocycles. The van der Waals surface area contributed by atoms with Gasteiger partial charge in [-0.05, 0) is 38.5 Å². The number of aliphatic hydroxyl groups is 1. The molecule has 4 N–H and O–H groups in total. The number of benzene rings is 1. The van der Waals surface area contributed by atoms with E-state index in [1.165, 1.54) is 0 Å². The summed E-state index contributed by atoms with van der Waals surface area (Å²) < 4.78 is 0. The lowest BCUT2D eigenvalue weighted by Gasteiger charge is -2.25. The number of aliphatic hydroxyl groups excluding tert-OH is 1. The zero-order chi connectivity index (χ0) is 10.8. The van der Waals surface area contributed by atoms with Crippen LogP contribution in [-0.2, 0) is 0 Å². The molecule has 0 radical (unpaired) electrons. The van der Waals surface area contributed by atoms with Crippen LogP contribution in [-0.4, -0.2) is 17.3 Å². The Bertz CT molecular complexity index is 321. The molecule has 0 saturated carbocycles. The van der Waals surface area contributed by atoms with Crippen LogP contribution in [0.5, 0.6) is 0 Å². The standard InChI is InChI=1S/C11H18N2O/c1-8-4-5-10(9(12)6-8)13-11(2,3)7-14/h4-6,13-14H,7,12H2,1-3H3. The summed E-state index contributed by atoms with van der Waals surface area (Å²) in [5.74, 6) is 0. The van der Waals surface area contributed by atoms with Crippen LogP contribution in [0.4, 0.5) is 11.4 Å². The van der Waals surface area contributed by atoms with Crippen LogP contribution < -0.4 is 11.1 Å². The molecular weight excluding hydrogens is 176 g/mol. The zero-order valence-electron chi connectivity index (χ0n) is 8.96. The molecule has 0 aromatic heterocycles. The Labute approximate surface area is 84.9 Å². The third kappa shape index (κ3) is 2.64. The van der Waals surface area contributed by atoms with Crippen molar-refractivity contribution >= 4 is 11.4 Å². The number of nitrogens with one attached hydrogen (secondary N) is 1. The van der Waals surface area contributed by atoms with Gasteiger partial charge in [0, 0.05) is 0 Å². The fraction of sp³-hybridized carbons (Fsp3) is 0.455. The molecule has 0 saturated heterocycles. The fourth-order valence-corrected chi connectivity index (χ4v) is 1.20. The van der Waals surface area contributed by atoms with Gasteiger partial charge in [0.1, 0.15) is 0 Å². The van der Waals surface area contributed by atoms with Crippen LogP contribution in [0.25, 0.3) is 0 Å². The molecule has 1 rings (SSSR count). The maximum absolute atomic E-state index is 9.10. The van der Waals surface area contributed by atoms with E-state index >= 15 is 0 Å². The predicted octanol–water partition coefficient (Wildman–Crippen LogP) is 1.76. The van der Waals surface area contributed by atoms with Gasteiger partial charge in [0.2, 0.25) is 0 Å². The highest BCUT2D eigenvalue weighted by atomic mass is 16.3. The topological polar surface area (TPSA) is 58.3 Å². The van der Waals surface area contributed by atoms with Gasteiger partial charge in [-0.2, -0.15) is 0 Å². The van der Waals surface area contributed by atoms with Crippen LogP contribution in [0.3, 0.4) is 0 Å². The second kappa shape index (κ2) is 3.88. The number of hydrogen-bond donors (Lipinski definition) is 3. The first-order valence-electron chi connectivity index (χ1n) is 4.70. The second-order valence-electron chi connectivity index (χ2n) is 4.26. The number of anilines is 2. The molecule has 1 aromatic carbocycles. The first-order chi connectivity index (χ1) is 6.44. The van der Waals surface area contributed by atoms with Crippen LogP contribution >= 0.6 is 0 Å². The van der Waals surface area contributed by atoms with Crippen molar-refractivity contribution in [3.63, 3.8) is 0 Å². The molecule has 3 nitrogen and oxygen atoms in total. The highest BCUT2D eigenvalue weighted by Crippen LogP contribution is 2.22. The van der Waals surface area contributed by atoms with Crippen molar-refractivity contribution < 1.29 is 5.11 Å². The number of nitrogens with two attached hydrogens (primary N) is 1. The second-order valence-corrected chi connectivity index (χ2v) is 4.26. The van der Waals surface area contributed by atoms with E-state index in [1.807, 2.05) is 39.0 Å². The smallest absolute Gasteiger partial charge is 0.0656 e. The van der Waals surface area contributed by atoms with Gasteiger partial charge >= 0.3 is 0 Å². The van der Waals surface area contributed by atoms with E-state index in [-0.39, 0.29) is 12.1 Å². The maximum Gasteiger partial charge on any atom is 0.0656 e. The summed E-state index contributed by atoms with van der Waals surface area (Å²) in [6, 6.07) is 5.84. The van der Waals surface area contributed by atoms with Crippen molar-refractivity contribution in [2.45, 2.75) is 26.3 Å². The van der Waals surface area contributed by atoms with E-state index < -0.39 is 0 Å². The molecule has 0 aliphatic carbocycles. The van der Waals surface area contributed by atoms with Gasteiger partial charge < -0.3 is 16.2 Å². The van der Waals surface area contributed by atoms with Crippen LogP contribution in [0.15, 0.2) is 18.2 Å². The molecule has 0 bridgehead atoms. The van der Waals surface area contributed by atoms with E-state index in [0.717, 1.165) is 11.3 Å². The van der Waals surface area contributed by atoms with E-state index in [2.05, 4.69) is 5.32 Å². The summed E-state index contributed by atoms with van der Waals surface area (Å²) in [7, 11) is 0. The van der Waals surface area contributed by atoms with Crippen molar-refractivity contribution in [2.24, 2.45) is 0 Å². The third-order valence-corrected chi connectivity index (χ3v) is 2.08. The Hall–Kier alpha value is -1.22. The minimum Gasteiger partial charge on any atom is -0.397 e. The lowest BCUT2D eigenvalue weighted by atomic mass is 10.1. The molecule has 0 amide bonds. The molecule has 1 aromatic rings. The number of rotatable bonds is 3. The first kappa shape index (κ1) is 10.9. The highest BCUT2D eigenvalue weighted by molar-refractivity contribution is 5.67. The van der Waals surface area contributed by atoms with E-state index in [1.54, 1.807) is 0 Å². The maximum atomic E-state index is 9.10. The molecular formula is C11H18N2O. The summed E-state index contributed by atoms with van der Waals surface area (Å²) >= 11 is 0. The van der Waals surface area contributed by atoms with Crippen molar-refractivity contribution in [1.82, 2.24) is 0 Å². The number of hydrogen-bond acceptors (Lipinski definition) is 3. The van der Waals surface area contributed by atoms with Crippen LogP contribution in [0.2, 0.25) is 0 Å². The van der Waals surface area contributed by atoms with Gasteiger partial charge in [0.15, 0.2) is 0 Å². The summed E-state index contributed by atoms with van der Waals surface area (Å²) in [6.45, 7) is 5.91. The van der Waals surface area contributed by atoms with Crippen molar-refractivity contribution in [3.05, 3.63) is 23.8 Å². The van der Waals surface area contributed by atoms with E-state index in [9.17, 15) is 0 Å². The summed E-state index contributed by atoms with van der Waals surface area (Å²) in [4.78, 5) is 0. The Morgan fingerprint density at radius 1 is 1.43 bits per heavy atom. The zero-order valence-corrected chi connectivity index (χ0v) is 8.96. The van der Waals surface area contributed by atoms with Crippen LogP contribution in [0, 0.1) is 6.92 Å². The number of nitrogen functional groups attached to an aromatic ring is 1. The average Bonchev–Trinajstić information content (AvgIpc) is 2.10. The minimum absolute atomic E-state index is 0.0698. The summed E-state index contributed by atoms with van der Waals surface area (Å²) in [5, 5.41) is 12.3. The van der Waals surface area contributed by atoms with Gasteiger partial charge in [-0.25, -0.2) is 0 Å². The first-order valence-corrected chi connectivity index (χ1v) is 4.70. The van der Waals surface area contributed by atoms with E-state index in [0.29, 0.717) is 5.69 Å². The normalized spacial score (nSPS) is 11.4. The minimum atomic E-state index is -0.344. The molecule has 78 valence electrons. The quantitative estimate of drug-likeness (QED) is 0.643. The van der Waals surface area contributed by atoms with Gasteiger partial charge in [-0.1, -0.05) is 6.07 Å². The molecule has 0 fully saturated rings. The van der Waals surface area contributed by atoms with Gasteiger partial charge in [0.25, 0.3) is 0 Å². The average molecular weight is 194 g/mol. The molecule has 0 unspecified atom stereocenters. The van der Waals surface area contributed by atoms with Gasteiger partial charge in [0.05, 0.1) is 23.5 Å². The Morgan fingerprint density at radius 3 is 2.57 bits per heavy atom. The third-order valence-electron chi connectivity index (χ3n) is 2.08.